The van der Waals surface area contributed by atoms with Crippen LogP contribution in [0.25, 0.3) is 10.9 Å². The van der Waals surface area contributed by atoms with Crippen molar-refractivity contribution in [3.63, 3.8) is 0 Å². The highest BCUT2D eigenvalue weighted by atomic mass is 35.5. The van der Waals surface area contributed by atoms with Gasteiger partial charge in [0.25, 0.3) is 5.91 Å². The van der Waals surface area contributed by atoms with Crippen molar-refractivity contribution in [1.29, 1.82) is 0 Å². The van der Waals surface area contributed by atoms with Crippen molar-refractivity contribution in [2.75, 3.05) is 7.05 Å². The average Bonchev–Trinajstić information content (AvgIpc) is 2.56. The van der Waals surface area contributed by atoms with Gasteiger partial charge in [-0.2, -0.15) is 0 Å². The minimum Gasteiger partial charge on any atom is -0.354 e. The van der Waals surface area contributed by atoms with Crippen LogP contribution < -0.4 is 5.32 Å². The summed E-state index contributed by atoms with van der Waals surface area (Å²) in [5.74, 6) is -0.203. The molecule has 14 heavy (non-hydrogen) atoms. The Morgan fingerprint density at radius 3 is 2.79 bits per heavy atom. The van der Waals surface area contributed by atoms with Gasteiger partial charge in [0, 0.05) is 18.0 Å². The Labute approximate surface area is 86.1 Å². The quantitative estimate of drug-likeness (QED) is 0.742. The Bertz CT molecular complexity index is 490. The van der Waals surface area contributed by atoms with Crippen molar-refractivity contribution >= 4 is 28.4 Å². The Morgan fingerprint density at radius 1 is 1.43 bits per heavy atom. The van der Waals surface area contributed by atoms with Crippen LogP contribution in [0.4, 0.5) is 0 Å². The lowest BCUT2D eigenvalue weighted by Gasteiger charge is -1.94. The molecule has 0 unspecified atom stereocenters. The van der Waals surface area contributed by atoms with Crippen molar-refractivity contribution < 1.29 is 4.79 Å². The molecule has 0 spiro atoms. The number of hydrogen-bond acceptors (Lipinski definition) is 1. The first-order valence-electron chi connectivity index (χ1n) is 4.22. The van der Waals surface area contributed by atoms with Gasteiger partial charge in [-0.3, -0.25) is 4.79 Å². The number of carbonyl (C=O) groups excluding carboxylic acids is 1. The van der Waals surface area contributed by atoms with E-state index in [9.17, 15) is 4.79 Å². The number of para-hydroxylation sites is 1. The molecule has 0 aliphatic heterocycles. The molecule has 3 nitrogen and oxygen atoms in total. The molecule has 0 radical (unpaired) electrons. The van der Waals surface area contributed by atoms with Gasteiger partial charge < -0.3 is 10.3 Å². The van der Waals surface area contributed by atoms with Crippen LogP contribution >= 0.6 is 11.6 Å². The number of amides is 1. The first-order chi connectivity index (χ1) is 6.74. The number of hydrogen-bond donors (Lipinski definition) is 2. The fourth-order valence-electron chi connectivity index (χ4n) is 1.39. The molecule has 72 valence electrons. The SMILES string of the molecule is CNC(=O)c1[nH]c2ccccc2c1Cl. The number of carbonyl (C=O) groups is 1. The van der Waals surface area contributed by atoms with Gasteiger partial charge in [0.1, 0.15) is 5.69 Å². The van der Waals surface area contributed by atoms with Crippen molar-refractivity contribution in [2.24, 2.45) is 0 Å². The lowest BCUT2D eigenvalue weighted by atomic mass is 10.2. The van der Waals surface area contributed by atoms with E-state index in [0.717, 1.165) is 10.9 Å². The van der Waals surface area contributed by atoms with Gasteiger partial charge in [-0.15, -0.1) is 0 Å². The molecule has 0 aliphatic rings. The molecule has 0 fully saturated rings. The normalized spacial score (nSPS) is 10.4. The monoisotopic (exact) mass is 208 g/mol. The second kappa shape index (κ2) is 3.35. The van der Waals surface area contributed by atoms with E-state index < -0.39 is 0 Å². The van der Waals surface area contributed by atoms with E-state index in [2.05, 4.69) is 10.3 Å². The molecule has 1 aromatic heterocycles. The van der Waals surface area contributed by atoms with Crippen LogP contribution in [0.2, 0.25) is 5.02 Å². The van der Waals surface area contributed by atoms with Gasteiger partial charge >= 0.3 is 0 Å². The van der Waals surface area contributed by atoms with Crippen LogP contribution in [0.3, 0.4) is 0 Å². The average molecular weight is 209 g/mol. The number of rotatable bonds is 1. The number of benzene rings is 1. The minimum absolute atomic E-state index is 0.203. The first-order valence-corrected chi connectivity index (χ1v) is 4.60. The van der Waals surface area contributed by atoms with Crippen LogP contribution in [0.15, 0.2) is 24.3 Å². The van der Waals surface area contributed by atoms with Gasteiger partial charge in [-0.1, -0.05) is 29.8 Å². The summed E-state index contributed by atoms with van der Waals surface area (Å²) in [5, 5.41) is 3.87. The highest BCUT2D eigenvalue weighted by Crippen LogP contribution is 2.26. The molecule has 0 bridgehead atoms. The van der Waals surface area contributed by atoms with Crippen molar-refractivity contribution in [1.82, 2.24) is 10.3 Å². The zero-order valence-electron chi connectivity index (χ0n) is 7.60. The third-order valence-corrected chi connectivity index (χ3v) is 2.49. The molecule has 1 aromatic carbocycles. The smallest absolute Gasteiger partial charge is 0.269 e. The van der Waals surface area contributed by atoms with Crippen LogP contribution in [-0.2, 0) is 0 Å². The number of nitrogens with one attached hydrogen (secondary N) is 2. The van der Waals surface area contributed by atoms with E-state index in [0.29, 0.717) is 10.7 Å². The summed E-state index contributed by atoms with van der Waals surface area (Å²) in [6, 6.07) is 7.53. The Kier molecular flexibility index (Phi) is 2.17. The summed E-state index contributed by atoms with van der Waals surface area (Å²) < 4.78 is 0. The van der Waals surface area contributed by atoms with E-state index in [1.807, 2.05) is 24.3 Å². The molecule has 1 amide bonds. The summed E-state index contributed by atoms with van der Waals surface area (Å²) in [6.07, 6.45) is 0. The molecule has 0 saturated carbocycles. The van der Waals surface area contributed by atoms with Gasteiger partial charge in [-0.25, -0.2) is 0 Å². The second-order valence-electron chi connectivity index (χ2n) is 2.94. The third-order valence-electron chi connectivity index (χ3n) is 2.10. The first kappa shape index (κ1) is 9.09. The second-order valence-corrected chi connectivity index (χ2v) is 3.32. The molecule has 0 saturated heterocycles. The maximum Gasteiger partial charge on any atom is 0.269 e. The van der Waals surface area contributed by atoms with Gasteiger partial charge in [-0.05, 0) is 6.07 Å². The third kappa shape index (κ3) is 1.26. The van der Waals surface area contributed by atoms with Crippen LogP contribution in [0.5, 0.6) is 0 Å². The molecule has 2 N–H and O–H groups in total. The number of aromatic nitrogens is 1. The van der Waals surface area contributed by atoms with Crippen LogP contribution in [0, 0.1) is 0 Å². The fourth-order valence-corrected chi connectivity index (χ4v) is 1.69. The topological polar surface area (TPSA) is 44.9 Å². The zero-order chi connectivity index (χ0) is 10.1. The van der Waals surface area contributed by atoms with Gasteiger partial charge in [0.05, 0.1) is 5.02 Å². The highest BCUT2D eigenvalue weighted by Gasteiger charge is 2.13. The summed E-state index contributed by atoms with van der Waals surface area (Å²) in [5.41, 5.74) is 1.28. The van der Waals surface area contributed by atoms with Crippen molar-refractivity contribution in [3.8, 4) is 0 Å². The van der Waals surface area contributed by atoms with Gasteiger partial charge in [0.15, 0.2) is 0 Å². The van der Waals surface area contributed by atoms with E-state index in [1.54, 1.807) is 7.05 Å². The van der Waals surface area contributed by atoms with E-state index >= 15 is 0 Å². The van der Waals surface area contributed by atoms with Gasteiger partial charge in [0.2, 0.25) is 0 Å². The minimum atomic E-state index is -0.203. The van der Waals surface area contributed by atoms with Crippen LogP contribution in [0.1, 0.15) is 10.5 Å². The molecular formula is C10H9ClN2O. The summed E-state index contributed by atoms with van der Waals surface area (Å²) >= 11 is 6.04. The van der Waals surface area contributed by atoms with Crippen molar-refractivity contribution in [2.45, 2.75) is 0 Å². The number of fused-ring (bicyclic) bond motifs is 1. The summed E-state index contributed by atoms with van der Waals surface area (Å²) in [4.78, 5) is 14.3. The fraction of sp³-hybridized carbons (Fsp3) is 0.100. The number of H-pyrrole nitrogens is 1. The molecule has 0 aliphatic carbocycles. The Hall–Kier alpha value is -1.48. The standard InChI is InChI=1S/C10H9ClN2O/c1-12-10(14)9-8(11)6-4-2-3-5-7(6)13-9/h2-5,13H,1H3,(H,12,14). The van der Waals surface area contributed by atoms with E-state index in [1.165, 1.54) is 0 Å². The van der Waals surface area contributed by atoms with Crippen molar-refractivity contribution in [3.05, 3.63) is 35.0 Å². The predicted molar refractivity (Wildman–Crippen MR) is 56.7 cm³/mol. The highest BCUT2D eigenvalue weighted by molar-refractivity contribution is 6.38. The number of aromatic amines is 1. The molecule has 2 rings (SSSR count). The van der Waals surface area contributed by atoms with Crippen LogP contribution in [-0.4, -0.2) is 17.9 Å². The molecule has 1 heterocycles. The molecular weight excluding hydrogens is 200 g/mol. The predicted octanol–water partition coefficient (Wildman–Crippen LogP) is 2.18. The summed E-state index contributed by atoms with van der Waals surface area (Å²) in [6.45, 7) is 0. The largest absolute Gasteiger partial charge is 0.354 e. The lowest BCUT2D eigenvalue weighted by molar-refractivity contribution is 0.0959. The van der Waals surface area contributed by atoms with E-state index in [-0.39, 0.29) is 5.91 Å². The zero-order valence-corrected chi connectivity index (χ0v) is 8.35. The lowest BCUT2D eigenvalue weighted by Crippen LogP contribution is -2.18. The maximum atomic E-state index is 11.4. The van der Waals surface area contributed by atoms with E-state index in [4.69, 9.17) is 11.6 Å². The molecule has 4 heteroatoms. The Morgan fingerprint density at radius 2 is 2.14 bits per heavy atom. The maximum absolute atomic E-state index is 11.4. The number of halogens is 1. The molecule has 2 aromatic rings. The summed E-state index contributed by atoms with van der Waals surface area (Å²) in [7, 11) is 1.57. The molecule has 0 atom stereocenters. The Balaban J connectivity index is 2.68.